The Labute approximate surface area is 235 Å². The third-order valence-corrected chi connectivity index (χ3v) is 8.72. The van der Waals surface area contributed by atoms with Crippen LogP contribution in [0.4, 0.5) is 13.2 Å². The lowest BCUT2D eigenvalue weighted by atomic mass is 9.88. The standard InChI is InChI=1S/C24H34N6O3S.C2HF3O2/c1-4-34(32,33)30-8-5-17(6-9-30)22-14-27-23-20(22)11-18(12-21(23)24(25)31)19-13-28-29(15-19)10-7-26-16(2)3;3-2(4,5)1(6)7/h11-17,26-27H,4-10H2,1-3H3,(H2,25,31);(H,6,7). The number of nitrogens with two attached hydrogens (primary N) is 1. The molecule has 0 radical (unpaired) electrons. The summed E-state index contributed by atoms with van der Waals surface area (Å²) in [5.41, 5.74) is 9.81. The molecule has 1 aliphatic rings. The minimum absolute atomic E-state index is 0.122. The smallest absolute Gasteiger partial charge is 0.475 e. The number of hydrogen-bond acceptors (Lipinski definition) is 6. The molecule has 41 heavy (non-hydrogen) atoms. The van der Waals surface area contributed by atoms with Crippen LogP contribution in [0, 0.1) is 0 Å². The molecule has 2 aromatic heterocycles. The van der Waals surface area contributed by atoms with Gasteiger partial charge in [-0.25, -0.2) is 17.5 Å². The molecule has 226 valence electrons. The SMILES string of the molecule is CCS(=O)(=O)N1CCC(c2c[nH]c3c(C(N)=O)cc(-c4cnn(CCNC(C)C)c4)cc23)CC1.O=C(O)C(F)(F)F. The molecular formula is C26H35F3N6O5S. The Morgan fingerprint density at radius 3 is 2.39 bits per heavy atom. The van der Waals surface area contributed by atoms with Crippen molar-refractivity contribution in [3.8, 4) is 11.1 Å². The number of sulfonamides is 1. The quantitative estimate of drug-likeness (QED) is 0.293. The van der Waals surface area contributed by atoms with E-state index in [0.29, 0.717) is 24.7 Å². The van der Waals surface area contributed by atoms with Crippen LogP contribution in [0.15, 0.2) is 30.7 Å². The second kappa shape index (κ2) is 13.0. The number of nitrogens with one attached hydrogen (secondary N) is 2. The van der Waals surface area contributed by atoms with E-state index >= 15 is 0 Å². The average Bonchev–Trinajstić information content (AvgIpc) is 3.55. The number of nitrogens with zero attached hydrogens (tertiary/aromatic N) is 3. The first-order valence-electron chi connectivity index (χ1n) is 13.1. The number of carbonyl (C=O) groups excluding carboxylic acids is 1. The van der Waals surface area contributed by atoms with Crippen molar-refractivity contribution in [1.29, 1.82) is 0 Å². The second-order valence-corrected chi connectivity index (χ2v) is 12.3. The first kappa shape index (κ1) is 32.1. The number of piperidine rings is 1. The summed E-state index contributed by atoms with van der Waals surface area (Å²) in [6, 6.07) is 4.31. The van der Waals surface area contributed by atoms with Crippen molar-refractivity contribution in [3.63, 3.8) is 0 Å². The number of rotatable bonds is 9. The van der Waals surface area contributed by atoms with Gasteiger partial charge >= 0.3 is 12.1 Å². The zero-order valence-corrected chi connectivity index (χ0v) is 23.8. The Hall–Kier alpha value is -3.43. The van der Waals surface area contributed by atoms with E-state index in [9.17, 15) is 26.4 Å². The monoisotopic (exact) mass is 600 g/mol. The summed E-state index contributed by atoms with van der Waals surface area (Å²) in [4.78, 5) is 24.4. The molecule has 0 atom stereocenters. The van der Waals surface area contributed by atoms with Crippen LogP contribution in [0.2, 0.25) is 0 Å². The van der Waals surface area contributed by atoms with E-state index < -0.39 is 28.1 Å². The Kier molecular flexibility index (Phi) is 10.2. The zero-order chi connectivity index (χ0) is 30.5. The number of fused-ring (bicyclic) bond motifs is 1. The highest BCUT2D eigenvalue weighted by Gasteiger charge is 2.38. The van der Waals surface area contributed by atoms with Crippen molar-refractivity contribution in [3.05, 3.63) is 41.9 Å². The first-order chi connectivity index (χ1) is 19.1. The van der Waals surface area contributed by atoms with E-state index in [4.69, 9.17) is 15.6 Å². The highest BCUT2D eigenvalue weighted by molar-refractivity contribution is 7.89. The minimum atomic E-state index is -5.08. The molecule has 0 aliphatic carbocycles. The zero-order valence-electron chi connectivity index (χ0n) is 23.0. The van der Waals surface area contributed by atoms with E-state index in [1.54, 1.807) is 11.2 Å². The Bertz CT molecular complexity index is 1470. The van der Waals surface area contributed by atoms with Crippen molar-refractivity contribution in [1.82, 2.24) is 24.4 Å². The maximum Gasteiger partial charge on any atom is 0.490 e. The van der Waals surface area contributed by atoms with Crippen molar-refractivity contribution in [2.45, 2.75) is 58.3 Å². The maximum absolute atomic E-state index is 12.3. The third kappa shape index (κ3) is 8.07. The molecule has 0 bridgehead atoms. The lowest BCUT2D eigenvalue weighted by Crippen LogP contribution is -2.38. The number of H-pyrrole nitrogens is 1. The maximum atomic E-state index is 12.3. The molecule has 0 saturated carbocycles. The molecule has 4 rings (SSSR count). The van der Waals surface area contributed by atoms with Crippen LogP contribution in [0.3, 0.4) is 0 Å². The van der Waals surface area contributed by atoms with Gasteiger partial charge in [-0.2, -0.15) is 18.3 Å². The fourth-order valence-electron chi connectivity index (χ4n) is 4.68. The molecule has 1 aliphatic heterocycles. The number of amides is 1. The predicted molar refractivity (Wildman–Crippen MR) is 148 cm³/mol. The molecule has 0 unspecified atom stereocenters. The van der Waals surface area contributed by atoms with Crippen LogP contribution in [-0.4, -0.2) is 82.1 Å². The summed E-state index contributed by atoms with van der Waals surface area (Å²) in [5, 5.41) is 15.9. The van der Waals surface area contributed by atoms with E-state index in [1.165, 1.54) is 0 Å². The van der Waals surface area contributed by atoms with Crippen molar-refractivity contribution < 1.29 is 36.3 Å². The van der Waals surface area contributed by atoms with Crippen LogP contribution in [-0.2, 0) is 21.4 Å². The molecule has 15 heteroatoms. The molecule has 1 fully saturated rings. The van der Waals surface area contributed by atoms with E-state index in [1.807, 2.05) is 29.3 Å². The van der Waals surface area contributed by atoms with Crippen molar-refractivity contribution >= 4 is 32.8 Å². The number of aromatic amines is 1. The number of benzene rings is 1. The van der Waals surface area contributed by atoms with Crippen LogP contribution in [0.25, 0.3) is 22.0 Å². The molecule has 1 amide bonds. The Balaban J connectivity index is 0.000000587. The number of hydrogen-bond donors (Lipinski definition) is 4. The summed E-state index contributed by atoms with van der Waals surface area (Å²) in [5.74, 6) is -2.92. The fraction of sp³-hybridized carbons (Fsp3) is 0.500. The number of carbonyl (C=O) groups is 2. The van der Waals surface area contributed by atoms with Crippen LogP contribution >= 0.6 is 0 Å². The molecule has 1 saturated heterocycles. The summed E-state index contributed by atoms with van der Waals surface area (Å²) < 4.78 is 59.7. The molecule has 1 aromatic carbocycles. The van der Waals surface area contributed by atoms with Crippen molar-refractivity contribution in [2.24, 2.45) is 5.73 Å². The number of aliphatic carboxylic acids is 1. The summed E-state index contributed by atoms with van der Waals surface area (Å²) in [7, 11) is -3.18. The molecule has 5 N–H and O–H groups in total. The summed E-state index contributed by atoms with van der Waals surface area (Å²) in [6.07, 6.45) is 2.12. The topological polar surface area (TPSA) is 163 Å². The number of alkyl halides is 3. The first-order valence-corrected chi connectivity index (χ1v) is 14.7. The third-order valence-electron chi connectivity index (χ3n) is 6.84. The minimum Gasteiger partial charge on any atom is -0.475 e. The highest BCUT2D eigenvalue weighted by Crippen LogP contribution is 2.37. The van der Waals surface area contributed by atoms with Gasteiger partial charge in [-0.1, -0.05) is 13.8 Å². The normalized spacial score (nSPS) is 15.2. The number of halogens is 3. The van der Waals surface area contributed by atoms with Gasteiger partial charge in [0.1, 0.15) is 0 Å². The number of primary amides is 1. The van der Waals surface area contributed by atoms with Gasteiger partial charge in [0.15, 0.2) is 0 Å². The Morgan fingerprint density at radius 1 is 1.22 bits per heavy atom. The summed E-state index contributed by atoms with van der Waals surface area (Å²) >= 11 is 0. The van der Waals surface area contributed by atoms with Crippen LogP contribution < -0.4 is 11.1 Å². The second-order valence-electron chi connectivity index (χ2n) is 10.0. The van der Waals surface area contributed by atoms with E-state index in [-0.39, 0.29) is 11.7 Å². The molecule has 0 spiro atoms. The number of aromatic nitrogens is 3. The van der Waals surface area contributed by atoms with Gasteiger partial charge in [0.25, 0.3) is 5.91 Å². The van der Waals surface area contributed by atoms with Crippen molar-refractivity contribution in [2.75, 3.05) is 25.4 Å². The lowest BCUT2D eigenvalue weighted by Gasteiger charge is -2.31. The van der Waals surface area contributed by atoms with Crippen LogP contribution in [0.1, 0.15) is 55.5 Å². The lowest BCUT2D eigenvalue weighted by molar-refractivity contribution is -0.192. The predicted octanol–water partition coefficient (Wildman–Crippen LogP) is 3.29. The van der Waals surface area contributed by atoms with Gasteiger partial charge in [0.2, 0.25) is 10.0 Å². The number of carboxylic acids is 1. The van der Waals surface area contributed by atoms with Gasteiger partial charge in [-0.05, 0) is 48.9 Å². The van der Waals surface area contributed by atoms with E-state index in [0.717, 1.165) is 53.5 Å². The van der Waals surface area contributed by atoms with Gasteiger partial charge in [-0.3, -0.25) is 9.48 Å². The fourth-order valence-corrected chi connectivity index (χ4v) is 5.81. The molecule has 11 nitrogen and oxygen atoms in total. The number of carboxylic acid groups (broad SMARTS) is 1. The molecule has 3 aromatic rings. The summed E-state index contributed by atoms with van der Waals surface area (Å²) in [6.45, 7) is 8.47. The molecular weight excluding hydrogens is 565 g/mol. The van der Waals surface area contributed by atoms with E-state index in [2.05, 4.69) is 35.3 Å². The van der Waals surface area contributed by atoms with Crippen LogP contribution in [0.5, 0.6) is 0 Å². The largest absolute Gasteiger partial charge is 0.490 e. The highest BCUT2D eigenvalue weighted by atomic mass is 32.2. The van der Waals surface area contributed by atoms with Gasteiger partial charge in [0.05, 0.1) is 29.6 Å². The Morgan fingerprint density at radius 2 is 1.85 bits per heavy atom. The van der Waals surface area contributed by atoms with Gasteiger partial charge in [-0.15, -0.1) is 0 Å². The average molecular weight is 601 g/mol. The molecule has 3 heterocycles. The van der Waals surface area contributed by atoms with Gasteiger partial charge in [0, 0.05) is 49.0 Å². The van der Waals surface area contributed by atoms with Gasteiger partial charge < -0.3 is 21.1 Å².